The maximum absolute atomic E-state index is 12.9. The standard InChI is InChI=1S/C21H20N4O5/c26-20(17-6-8-18(9-7-17)30-15-16-4-2-1-3-5-16)23-10-11-24-14-19(25(27)28)22-21(24)29-13-12-23/h1-9,14H,10-13,15H2. The van der Waals surface area contributed by atoms with Crippen molar-refractivity contribution < 1.29 is 19.2 Å². The van der Waals surface area contributed by atoms with Gasteiger partial charge in [-0.1, -0.05) is 30.3 Å². The van der Waals surface area contributed by atoms with Crippen LogP contribution in [0.4, 0.5) is 5.82 Å². The largest absolute Gasteiger partial charge is 0.489 e. The molecule has 0 saturated heterocycles. The van der Waals surface area contributed by atoms with Crippen molar-refractivity contribution in [1.82, 2.24) is 14.5 Å². The fourth-order valence-electron chi connectivity index (χ4n) is 3.16. The Morgan fingerprint density at radius 2 is 1.87 bits per heavy atom. The first-order chi connectivity index (χ1) is 14.6. The molecule has 0 fully saturated rings. The lowest BCUT2D eigenvalue weighted by molar-refractivity contribution is -0.389. The molecule has 9 nitrogen and oxygen atoms in total. The molecular weight excluding hydrogens is 388 g/mol. The molecule has 0 radical (unpaired) electrons. The van der Waals surface area contributed by atoms with E-state index in [1.165, 1.54) is 6.20 Å². The molecule has 1 aromatic heterocycles. The van der Waals surface area contributed by atoms with Crippen molar-refractivity contribution in [3.63, 3.8) is 0 Å². The van der Waals surface area contributed by atoms with E-state index in [4.69, 9.17) is 9.47 Å². The van der Waals surface area contributed by atoms with Gasteiger partial charge in [0.05, 0.1) is 6.54 Å². The third kappa shape index (κ3) is 4.40. The van der Waals surface area contributed by atoms with Crippen LogP contribution in [0.25, 0.3) is 0 Å². The molecule has 0 N–H and O–H groups in total. The number of imidazole rings is 1. The normalized spacial score (nSPS) is 13.5. The van der Waals surface area contributed by atoms with Gasteiger partial charge in [0.25, 0.3) is 5.91 Å². The quantitative estimate of drug-likeness (QED) is 0.475. The van der Waals surface area contributed by atoms with Gasteiger partial charge in [-0.15, -0.1) is 0 Å². The Kier molecular flexibility index (Phi) is 5.60. The summed E-state index contributed by atoms with van der Waals surface area (Å²) in [5.74, 6) is 0.281. The second-order valence-corrected chi connectivity index (χ2v) is 6.77. The molecule has 0 atom stereocenters. The zero-order valence-corrected chi connectivity index (χ0v) is 16.1. The van der Waals surface area contributed by atoms with Crippen LogP contribution in [0.5, 0.6) is 11.8 Å². The summed E-state index contributed by atoms with van der Waals surface area (Å²) in [6, 6.07) is 17.1. The van der Waals surface area contributed by atoms with Crippen LogP contribution in [-0.4, -0.2) is 45.0 Å². The second-order valence-electron chi connectivity index (χ2n) is 6.77. The van der Waals surface area contributed by atoms with Gasteiger partial charge in [0.15, 0.2) is 0 Å². The van der Waals surface area contributed by atoms with Crippen molar-refractivity contribution in [2.75, 3.05) is 19.7 Å². The van der Waals surface area contributed by atoms with Crippen LogP contribution < -0.4 is 9.47 Å². The minimum absolute atomic E-state index is 0.133. The number of nitro groups is 1. The van der Waals surface area contributed by atoms with Crippen LogP contribution in [0.2, 0.25) is 0 Å². The van der Waals surface area contributed by atoms with E-state index < -0.39 is 4.92 Å². The number of amides is 1. The lowest BCUT2D eigenvalue weighted by Gasteiger charge is -2.24. The molecule has 0 spiro atoms. The highest BCUT2D eigenvalue weighted by Crippen LogP contribution is 2.20. The number of hydrogen-bond acceptors (Lipinski definition) is 6. The lowest BCUT2D eigenvalue weighted by atomic mass is 10.2. The van der Waals surface area contributed by atoms with Crippen molar-refractivity contribution in [3.8, 4) is 11.8 Å². The summed E-state index contributed by atoms with van der Waals surface area (Å²) in [5.41, 5.74) is 1.61. The average molecular weight is 408 g/mol. The molecule has 2 aromatic carbocycles. The predicted molar refractivity (Wildman–Crippen MR) is 107 cm³/mol. The first kappa shape index (κ1) is 19.4. The lowest BCUT2D eigenvalue weighted by Crippen LogP contribution is -2.38. The van der Waals surface area contributed by atoms with E-state index >= 15 is 0 Å². The number of aromatic nitrogens is 2. The molecule has 0 saturated carbocycles. The molecule has 0 aliphatic carbocycles. The minimum atomic E-state index is -0.564. The van der Waals surface area contributed by atoms with E-state index in [-0.39, 0.29) is 24.3 Å². The number of rotatable bonds is 5. The topological polar surface area (TPSA) is 99.7 Å². The van der Waals surface area contributed by atoms with Gasteiger partial charge < -0.3 is 24.5 Å². The average Bonchev–Trinajstić information content (AvgIpc) is 3.15. The molecule has 1 aliphatic heterocycles. The highest BCUT2D eigenvalue weighted by atomic mass is 16.6. The zero-order chi connectivity index (χ0) is 20.9. The molecule has 1 aliphatic rings. The van der Waals surface area contributed by atoms with E-state index in [0.29, 0.717) is 37.6 Å². The number of hydrogen-bond donors (Lipinski definition) is 0. The van der Waals surface area contributed by atoms with Gasteiger partial charge in [-0.2, -0.15) is 0 Å². The Morgan fingerprint density at radius 3 is 2.60 bits per heavy atom. The molecule has 30 heavy (non-hydrogen) atoms. The van der Waals surface area contributed by atoms with Crippen LogP contribution in [0, 0.1) is 10.1 Å². The van der Waals surface area contributed by atoms with Crippen LogP contribution in [0.1, 0.15) is 15.9 Å². The van der Waals surface area contributed by atoms with E-state index in [9.17, 15) is 14.9 Å². The first-order valence-electron chi connectivity index (χ1n) is 9.50. The smallest absolute Gasteiger partial charge is 0.414 e. The van der Waals surface area contributed by atoms with Crippen LogP contribution in [-0.2, 0) is 13.2 Å². The summed E-state index contributed by atoms with van der Waals surface area (Å²) >= 11 is 0. The molecule has 0 bridgehead atoms. The SMILES string of the molecule is O=C(c1ccc(OCc2ccccc2)cc1)N1CCOc2nc([N+](=O)[O-])cn2CC1. The fraction of sp³-hybridized carbons (Fsp3) is 0.238. The number of ether oxygens (including phenoxy) is 2. The van der Waals surface area contributed by atoms with Crippen molar-refractivity contribution in [3.05, 3.63) is 82.0 Å². The Balaban J connectivity index is 1.38. The van der Waals surface area contributed by atoms with Gasteiger partial charge in [-0.05, 0) is 34.8 Å². The van der Waals surface area contributed by atoms with Gasteiger partial charge >= 0.3 is 11.8 Å². The highest BCUT2D eigenvalue weighted by molar-refractivity contribution is 5.94. The van der Waals surface area contributed by atoms with Crippen LogP contribution in [0.15, 0.2) is 60.8 Å². The van der Waals surface area contributed by atoms with E-state index in [1.54, 1.807) is 33.7 Å². The number of benzene rings is 2. The minimum Gasteiger partial charge on any atom is -0.489 e. The molecule has 4 rings (SSSR count). The highest BCUT2D eigenvalue weighted by Gasteiger charge is 2.25. The fourth-order valence-corrected chi connectivity index (χ4v) is 3.16. The predicted octanol–water partition coefficient (Wildman–Crippen LogP) is 2.91. The van der Waals surface area contributed by atoms with E-state index in [1.807, 2.05) is 30.3 Å². The monoisotopic (exact) mass is 408 g/mol. The number of carbonyl (C=O) groups is 1. The molecule has 154 valence electrons. The van der Waals surface area contributed by atoms with Crippen molar-refractivity contribution in [1.29, 1.82) is 0 Å². The Bertz CT molecular complexity index is 1030. The molecule has 3 aromatic rings. The van der Waals surface area contributed by atoms with Gasteiger partial charge in [0, 0.05) is 23.6 Å². The number of nitrogens with zero attached hydrogens (tertiary/aromatic N) is 4. The summed E-state index contributed by atoms with van der Waals surface area (Å²) in [7, 11) is 0. The van der Waals surface area contributed by atoms with Crippen LogP contribution >= 0.6 is 0 Å². The molecule has 1 amide bonds. The number of fused-ring (bicyclic) bond motifs is 1. The molecule has 2 heterocycles. The summed E-state index contributed by atoms with van der Waals surface area (Å²) in [5, 5.41) is 10.9. The van der Waals surface area contributed by atoms with Gasteiger partial charge in [-0.25, -0.2) is 0 Å². The maximum Gasteiger partial charge on any atom is 0.414 e. The van der Waals surface area contributed by atoms with Gasteiger partial charge in [0.2, 0.25) is 0 Å². The Labute approximate surface area is 172 Å². The first-order valence-corrected chi connectivity index (χ1v) is 9.50. The molecule has 9 heteroatoms. The molecular formula is C21H20N4O5. The summed E-state index contributed by atoms with van der Waals surface area (Å²) in [6.45, 7) is 1.79. The maximum atomic E-state index is 12.9. The Hall–Kier alpha value is -3.88. The van der Waals surface area contributed by atoms with Crippen molar-refractivity contribution in [2.24, 2.45) is 0 Å². The third-order valence-electron chi connectivity index (χ3n) is 4.75. The summed E-state index contributed by atoms with van der Waals surface area (Å²) in [6.07, 6.45) is 1.32. The van der Waals surface area contributed by atoms with Gasteiger partial charge in [0.1, 0.15) is 25.2 Å². The van der Waals surface area contributed by atoms with E-state index in [0.717, 1.165) is 5.56 Å². The van der Waals surface area contributed by atoms with E-state index in [2.05, 4.69) is 4.98 Å². The van der Waals surface area contributed by atoms with Crippen molar-refractivity contribution in [2.45, 2.75) is 13.2 Å². The summed E-state index contributed by atoms with van der Waals surface area (Å²) in [4.78, 5) is 28.7. The second kappa shape index (κ2) is 8.64. The number of carbonyl (C=O) groups excluding carboxylic acids is 1. The molecule has 0 unspecified atom stereocenters. The Morgan fingerprint density at radius 1 is 1.10 bits per heavy atom. The van der Waals surface area contributed by atoms with Crippen molar-refractivity contribution >= 4 is 11.7 Å². The van der Waals surface area contributed by atoms with Gasteiger partial charge in [-0.3, -0.25) is 9.36 Å². The van der Waals surface area contributed by atoms with Crippen LogP contribution in [0.3, 0.4) is 0 Å². The summed E-state index contributed by atoms with van der Waals surface area (Å²) < 4.78 is 12.8. The zero-order valence-electron chi connectivity index (χ0n) is 16.1. The third-order valence-corrected chi connectivity index (χ3v) is 4.75.